The maximum absolute atomic E-state index is 12.5. The van der Waals surface area contributed by atoms with Gasteiger partial charge in [0.15, 0.2) is 0 Å². The molecule has 0 aliphatic carbocycles. The number of rotatable bonds is 5. The molecule has 0 aromatic heterocycles. The first kappa shape index (κ1) is 21.2. The van der Waals surface area contributed by atoms with Crippen LogP contribution in [-0.4, -0.2) is 38.1 Å². The Labute approximate surface area is 168 Å². The van der Waals surface area contributed by atoms with Crippen molar-refractivity contribution in [1.29, 1.82) is 0 Å². The number of benzene rings is 1. The lowest BCUT2D eigenvalue weighted by molar-refractivity contribution is -0.139. The second-order valence-electron chi connectivity index (χ2n) is 6.11. The van der Waals surface area contributed by atoms with Crippen molar-refractivity contribution >= 4 is 35.1 Å². The lowest BCUT2D eigenvalue weighted by atomic mass is 10.1. The van der Waals surface area contributed by atoms with Gasteiger partial charge in [0.05, 0.1) is 30.5 Å². The number of methoxy groups -OCH3 is 2. The molecule has 2 rings (SSSR count). The number of hydrogen-bond donors (Lipinski definition) is 1. The molecule has 1 heterocycles. The highest BCUT2D eigenvalue weighted by Gasteiger charge is 2.28. The highest BCUT2D eigenvalue weighted by Crippen LogP contribution is 2.33. The number of carbonyl (C=O) groups excluding carboxylic acids is 3. The normalized spacial score (nSPS) is 13.4. The molecule has 0 unspecified atom stereocenters. The minimum Gasteiger partial charge on any atom is -0.465 e. The van der Waals surface area contributed by atoms with Crippen molar-refractivity contribution in [1.82, 2.24) is 5.32 Å². The van der Waals surface area contributed by atoms with Crippen LogP contribution in [0.25, 0.3) is 0 Å². The molecule has 0 fully saturated rings. The van der Waals surface area contributed by atoms with Gasteiger partial charge in [-0.25, -0.2) is 9.59 Å². The molecule has 0 bridgehead atoms. The van der Waals surface area contributed by atoms with Gasteiger partial charge in [-0.1, -0.05) is 17.7 Å². The maximum Gasteiger partial charge on any atom is 0.355 e. The first-order valence-corrected chi connectivity index (χ1v) is 8.83. The average molecular weight is 405 g/mol. The minimum absolute atomic E-state index is 0.00699. The van der Waals surface area contributed by atoms with Crippen LogP contribution < -0.4 is 10.2 Å². The number of esters is 2. The largest absolute Gasteiger partial charge is 0.465 e. The minimum atomic E-state index is -0.760. The number of anilines is 1. The van der Waals surface area contributed by atoms with E-state index < -0.39 is 11.9 Å². The van der Waals surface area contributed by atoms with Crippen LogP contribution >= 0.6 is 11.6 Å². The Kier molecular flexibility index (Phi) is 7.00. The van der Waals surface area contributed by atoms with E-state index in [2.05, 4.69) is 5.32 Å². The van der Waals surface area contributed by atoms with Crippen molar-refractivity contribution in [3.8, 4) is 0 Å². The highest BCUT2D eigenvalue weighted by molar-refractivity contribution is 6.33. The number of allylic oxidation sites excluding steroid dienone is 2. The number of nitrogens with zero attached hydrogens (tertiary/aromatic N) is 1. The molecule has 0 spiro atoms. The lowest BCUT2D eigenvalue weighted by Gasteiger charge is -2.24. The fourth-order valence-electron chi connectivity index (χ4n) is 2.54. The van der Waals surface area contributed by atoms with Crippen molar-refractivity contribution in [2.24, 2.45) is 0 Å². The molecule has 1 aliphatic rings. The maximum atomic E-state index is 12.5. The summed E-state index contributed by atoms with van der Waals surface area (Å²) in [5.41, 5.74) is 0.595. The van der Waals surface area contributed by atoms with E-state index in [0.717, 1.165) is 0 Å². The molecule has 148 valence electrons. The highest BCUT2D eigenvalue weighted by atomic mass is 35.5. The van der Waals surface area contributed by atoms with Gasteiger partial charge in [-0.15, -0.1) is 0 Å². The fourth-order valence-corrected chi connectivity index (χ4v) is 2.74. The van der Waals surface area contributed by atoms with Crippen molar-refractivity contribution < 1.29 is 23.9 Å². The van der Waals surface area contributed by atoms with Gasteiger partial charge in [-0.2, -0.15) is 0 Å². The van der Waals surface area contributed by atoms with Crippen molar-refractivity contribution in [3.05, 3.63) is 64.5 Å². The van der Waals surface area contributed by atoms with E-state index in [-0.39, 0.29) is 28.2 Å². The van der Waals surface area contributed by atoms with Crippen LogP contribution in [0.15, 0.2) is 53.9 Å². The average Bonchev–Trinajstić information content (AvgIpc) is 2.89. The van der Waals surface area contributed by atoms with Gasteiger partial charge in [-0.05, 0) is 44.2 Å². The van der Waals surface area contributed by atoms with Crippen molar-refractivity contribution in [3.63, 3.8) is 0 Å². The van der Waals surface area contributed by atoms with Crippen LogP contribution in [0, 0.1) is 0 Å². The first-order chi connectivity index (χ1) is 13.3. The fraction of sp³-hybridized carbons (Fsp3) is 0.250. The van der Waals surface area contributed by atoms with E-state index in [1.165, 1.54) is 31.3 Å². The van der Waals surface area contributed by atoms with Crippen LogP contribution in [0.2, 0.25) is 5.02 Å². The zero-order chi connectivity index (χ0) is 20.8. The smallest absolute Gasteiger partial charge is 0.355 e. The summed E-state index contributed by atoms with van der Waals surface area (Å²) in [6.07, 6.45) is 6.19. The summed E-state index contributed by atoms with van der Waals surface area (Å²) in [5, 5.41) is 3.07. The van der Waals surface area contributed by atoms with Gasteiger partial charge in [0, 0.05) is 17.8 Å². The quantitative estimate of drug-likeness (QED) is 0.759. The first-order valence-electron chi connectivity index (χ1n) is 8.45. The Morgan fingerprint density at radius 1 is 1.07 bits per heavy atom. The van der Waals surface area contributed by atoms with E-state index in [1.807, 2.05) is 13.8 Å². The zero-order valence-corrected chi connectivity index (χ0v) is 16.7. The van der Waals surface area contributed by atoms with Gasteiger partial charge in [0.2, 0.25) is 0 Å². The number of carbonyl (C=O) groups is 3. The topological polar surface area (TPSA) is 84.9 Å². The van der Waals surface area contributed by atoms with Gasteiger partial charge in [0.1, 0.15) is 5.70 Å². The lowest BCUT2D eigenvalue weighted by Crippen LogP contribution is -2.30. The number of halogens is 1. The predicted octanol–water partition coefficient (Wildman–Crippen LogP) is 2.97. The molecule has 1 aromatic carbocycles. The molecular formula is C20H21ClN2O5. The molecular weight excluding hydrogens is 384 g/mol. The molecule has 0 saturated heterocycles. The Morgan fingerprint density at radius 3 is 2.36 bits per heavy atom. The Bertz CT molecular complexity index is 887. The van der Waals surface area contributed by atoms with E-state index >= 15 is 0 Å². The second kappa shape index (κ2) is 9.23. The standard InChI is InChI=1S/C20H21ClN2O5/c1-12(2)22-18(24)13-8-9-15(21)16(11-13)23-10-6-5-7-14(19(25)27-3)17(23)20(26)28-4/h5-12H,1-4H3,(H,22,24). The SMILES string of the molecule is COC(=O)C1=C(C(=O)OC)N(c2cc(C(=O)NC(C)C)ccc2Cl)C=CC=C1. The molecule has 8 heteroatoms. The Hall–Kier alpha value is -3.06. The summed E-state index contributed by atoms with van der Waals surface area (Å²) in [6.45, 7) is 3.69. The molecule has 0 atom stereocenters. The summed E-state index contributed by atoms with van der Waals surface area (Å²) in [7, 11) is 2.42. The molecule has 0 radical (unpaired) electrons. The summed E-state index contributed by atoms with van der Waals surface area (Å²) in [4.78, 5) is 38.5. The third-order valence-corrected chi connectivity index (χ3v) is 4.10. The van der Waals surface area contributed by atoms with E-state index in [0.29, 0.717) is 11.3 Å². The molecule has 7 nitrogen and oxygen atoms in total. The third-order valence-electron chi connectivity index (χ3n) is 3.78. The van der Waals surface area contributed by atoms with Crippen molar-refractivity contribution in [2.45, 2.75) is 19.9 Å². The van der Waals surface area contributed by atoms with Crippen LogP contribution in [0.3, 0.4) is 0 Å². The predicted molar refractivity (Wildman–Crippen MR) is 106 cm³/mol. The molecule has 1 amide bonds. The third kappa shape index (κ3) is 4.61. The molecule has 1 aliphatic heterocycles. The van der Waals surface area contributed by atoms with Crippen LogP contribution in [-0.2, 0) is 19.1 Å². The molecule has 1 aromatic rings. The number of ether oxygens (including phenoxy) is 2. The molecule has 28 heavy (non-hydrogen) atoms. The second-order valence-corrected chi connectivity index (χ2v) is 6.52. The van der Waals surface area contributed by atoms with E-state index in [1.54, 1.807) is 30.5 Å². The summed E-state index contributed by atoms with van der Waals surface area (Å²) >= 11 is 6.35. The number of amides is 1. The zero-order valence-electron chi connectivity index (χ0n) is 16.0. The van der Waals surface area contributed by atoms with Crippen molar-refractivity contribution in [2.75, 3.05) is 19.1 Å². The Morgan fingerprint density at radius 2 is 1.75 bits per heavy atom. The summed E-state index contributed by atoms with van der Waals surface area (Å²) < 4.78 is 9.64. The number of hydrogen-bond acceptors (Lipinski definition) is 6. The monoisotopic (exact) mass is 404 g/mol. The molecule has 1 N–H and O–H groups in total. The van der Waals surface area contributed by atoms with E-state index in [9.17, 15) is 14.4 Å². The van der Waals surface area contributed by atoms with Gasteiger partial charge in [0.25, 0.3) is 5.91 Å². The summed E-state index contributed by atoms with van der Waals surface area (Å²) in [6, 6.07) is 4.61. The van der Waals surface area contributed by atoms with Gasteiger partial charge in [-0.3, -0.25) is 4.79 Å². The molecule has 0 saturated carbocycles. The Balaban J connectivity index is 2.64. The van der Waals surface area contributed by atoms with Crippen LogP contribution in [0.1, 0.15) is 24.2 Å². The van der Waals surface area contributed by atoms with Crippen LogP contribution in [0.5, 0.6) is 0 Å². The number of nitrogens with one attached hydrogen (secondary N) is 1. The van der Waals surface area contributed by atoms with Gasteiger partial charge < -0.3 is 19.7 Å². The van der Waals surface area contributed by atoms with Gasteiger partial charge >= 0.3 is 11.9 Å². The van der Waals surface area contributed by atoms with E-state index in [4.69, 9.17) is 21.1 Å². The van der Waals surface area contributed by atoms with Crippen LogP contribution in [0.4, 0.5) is 5.69 Å². The summed E-state index contributed by atoms with van der Waals surface area (Å²) in [5.74, 6) is -1.76.